The van der Waals surface area contributed by atoms with Crippen LogP contribution in [0, 0.1) is 0 Å². The van der Waals surface area contributed by atoms with Crippen molar-refractivity contribution < 1.29 is 4.79 Å². The summed E-state index contributed by atoms with van der Waals surface area (Å²) in [6.45, 7) is 2.80. The maximum atomic E-state index is 11.6. The van der Waals surface area contributed by atoms with Crippen LogP contribution in [0.5, 0.6) is 0 Å². The molecule has 1 unspecified atom stereocenters. The largest absolute Gasteiger partial charge is 0.364 e. The number of aromatic nitrogens is 1. The van der Waals surface area contributed by atoms with Crippen LogP contribution in [0.3, 0.4) is 0 Å². The summed E-state index contributed by atoms with van der Waals surface area (Å²) in [4.78, 5) is 14.9. The van der Waals surface area contributed by atoms with Crippen LogP contribution in [-0.2, 0) is 5.41 Å². The van der Waals surface area contributed by atoms with Crippen molar-refractivity contribution in [1.29, 1.82) is 0 Å². The van der Waals surface area contributed by atoms with Gasteiger partial charge in [0.25, 0.3) is 5.91 Å². The summed E-state index contributed by atoms with van der Waals surface area (Å²) in [6, 6.07) is 1.88. The van der Waals surface area contributed by atoms with Crippen molar-refractivity contribution in [2.75, 3.05) is 19.6 Å². The SMILES string of the molecule is O=C1NCC2(CCCNC2)c2[nH]ccc21. The predicted molar refractivity (Wildman–Crippen MR) is 56.9 cm³/mol. The molecule has 0 bridgehead atoms. The molecule has 3 N–H and O–H groups in total. The maximum absolute atomic E-state index is 11.6. The predicted octanol–water partition coefficient (Wildman–Crippen LogP) is 0.379. The molecule has 0 aliphatic carbocycles. The van der Waals surface area contributed by atoms with E-state index in [9.17, 15) is 4.79 Å². The Balaban J connectivity index is 2.06. The summed E-state index contributed by atoms with van der Waals surface area (Å²) in [6.07, 6.45) is 4.19. The molecule has 0 radical (unpaired) electrons. The molecule has 1 fully saturated rings. The summed E-state index contributed by atoms with van der Waals surface area (Å²) in [5.74, 6) is 0.0578. The van der Waals surface area contributed by atoms with Gasteiger partial charge in [-0.05, 0) is 25.5 Å². The van der Waals surface area contributed by atoms with Crippen molar-refractivity contribution in [3.8, 4) is 0 Å². The minimum atomic E-state index is 0.0578. The number of nitrogens with one attached hydrogen (secondary N) is 3. The molecular weight excluding hydrogens is 190 g/mol. The van der Waals surface area contributed by atoms with Crippen molar-refractivity contribution in [2.45, 2.75) is 18.3 Å². The normalized spacial score (nSPS) is 30.0. The van der Waals surface area contributed by atoms with Crippen LogP contribution in [-0.4, -0.2) is 30.5 Å². The fraction of sp³-hybridized carbons (Fsp3) is 0.545. The monoisotopic (exact) mass is 205 g/mol. The highest BCUT2D eigenvalue weighted by Gasteiger charge is 2.41. The van der Waals surface area contributed by atoms with Crippen molar-refractivity contribution >= 4 is 5.91 Å². The van der Waals surface area contributed by atoms with Gasteiger partial charge in [-0.1, -0.05) is 0 Å². The first-order valence-corrected chi connectivity index (χ1v) is 5.49. The summed E-state index contributed by atoms with van der Waals surface area (Å²) < 4.78 is 0. The van der Waals surface area contributed by atoms with Crippen molar-refractivity contribution in [3.63, 3.8) is 0 Å². The lowest BCUT2D eigenvalue weighted by Gasteiger charge is -2.40. The summed E-state index contributed by atoms with van der Waals surface area (Å²) in [5, 5.41) is 6.41. The van der Waals surface area contributed by atoms with Crippen LogP contribution in [0.1, 0.15) is 28.9 Å². The van der Waals surface area contributed by atoms with E-state index < -0.39 is 0 Å². The first kappa shape index (κ1) is 8.97. The molecule has 3 heterocycles. The average Bonchev–Trinajstić information content (AvgIpc) is 2.76. The Morgan fingerprint density at radius 3 is 3.07 bits per heavy atom. The van der Waals surface area contributed by atoms with E-state index in [4.69, 9.17) is 0 Å². The molecule has 15 heavy (non-hydrogen) atoms. The number of carbonyl (C=O) groups is 1. The lowest BCUT2D eigenvalue weighted by molar-refractivity contribution is 0.0915. The van der Waals surface area contributed by atoms with E-state index in [-0.39, 0.29) is 11.3 Å². The van der Waals surface area contributed by atoms with Crippen LogP contribution in [0.15, 0.2) is 12.3 Å². The molecule has 1 spiro atoms. The molecular formula is C11H15N3O. The third-order valence-electron chi connectivity index (χ3n) is 3.58. The molecule has 1 aromatic heterocycles. The summed E-state index contributed by atoms with van der Waals surface area (Å²) >= 11 is 0. The molecule has 1 aromatic rings. The van der Waals surface area contributed by atoms with Gasteiger partial charge in [-0.15, -0.1) is 0 Å². The van der Waals surface area contributed by atoms with Gasteiger partial charge < -0.3 is 15.6 Å². The highest BCUT2D eigenvalue weighted by Crippen LogP contribution is 2.34. The zero-order valence-electron chi connectivity index (χ0n) is 8.60. The topological polar surface area (TPSA) is 56.9 Å². The van der Waals surface area contributed by atoms with Gasteiger partial charge in [-0.2, -0.15) is 0 Å². The van der Waals surface area contributed by atoms with E-state index in [0.29, 0.717) is 0 Å². The summed E-state index contributed by atoms with van der Waals surface area (Å²) in [5.41, 5.74) is 2.05. The van der Waals surface area contributed by atoms with E-state index in [1.54, 1.807) is 0 Å². The lowest BCUT2D eigenvalue weighted by atomic mass is 9.74. The molecule has 3 rings (SSSR count). The first-order chi connectivity index (χ1) is 7.32. The van der Waals surface area contributed by atoms with E-state index in [1.807, 2.05) is 12.3 Å². The smallest absolute Gasteiger partial charge is 0.253 e. The van der Waals surface area contributed by atoms with Crippen molar-refractivity contribution in [2.24, 2.45) is 0 Å². The van der Waals surface area contributed by atoms with Crippen LogP contribution in [0.25, 0.3) is 0 Å². The van der Waals surface area contributed by atoms with Crippen molar-refractivity contribution in [1.82, 2.24) is 15.6 Å². The van der Waals surface area contributed by atoms with Crippen molar-refractivity contribution in [3.05, 3.63) is 23.5 Å². The molecule has 4 nitrogen and oxygen atoms in total. The molecule has 80 valence electrons. The molecule has 0 aromatic carbocycles. The molecule has 2 aliphatic heterocycles. The number of hydrogen-bond donors (Lipinski definition) is 3. The standard InChI is InChI=1S/C11H15N3O/c15-10-8-2-5-13-9(8)11(7-14-10)3-1-4-12-6-11/h2,5,12-13H,1,3-4,6-7H2,(H,14,15). The number of amides is 1. The number of piperidine rings is 1. The Kier molecular flexibility index (Phi) is 1.85. The van der Waals surface area contributed by atoms with Crippen LogP contribution in [0.4, 0.5) is 0 Å². The Bertz CT molecular complexity index is 390. The van der Waals surface area contributed by atoms with Gasteiger partial charge in [0.05, 0.1) is 5.56 Å². The zero-order valence-corrected chi connectivity index (χ0v) is 8.60. The quantitative estimate of drug-likeness (QED) is 0.573. The Hall–Kier alpha value is -1.29. The number of H-pyrrole nitrogens is 1. The van der Waals surface area contributed by atoms with E-state index in [1.165, 1.54) is 6.42 Å². The van der Waals surface area contributed by atoms with Gasteiger partial charge in [0.15, 0.2) is 0 Å². The molecule has 0 saturated carbocycles. The van der Waals surface area contributed by atoms with Gasteiger partial charge in [0.2, 0.25) is 0 Å². The number of fused-ring (bicyclic) bond motifs is 2. The van der Waals surface area contributed by atoms with Gasteiger partial charge >= 0.3 is 0 Å². The van der Waals surface area contributed by atoms with Crippen LogP contribution >= 0.6 is 0 Å². The Morgan fingerprint density at radius 2 is 2.27 bits per heavy atom. The number of hydrogen-bond acceptors (Lipinski definition) is 2. The second-order valence-electron chi connectivity index (χ2n) is 4.51. The van der Waals surface area contributed by atoms with Gasteiger partial charge in [-0.25, -0.2) is 0 Å². The van der Waals surface area contributed by atoms with E-state index in [0.717, 1.165) is 37.3 Å². The van der Waals surface area contributed by atoms with Crippen LogP contribution in [0.2, 0.25) is 0 Å². The van der Waals surface area contributed by atoms with E-state index >= 15 is 0 Å². The van der Waals surface area contributed by atoms with E-state index in [2.05, 4.69) is 15.6 Å². The Morgan fingerprint density at radius 1 is 1.33 bits per heavy atom. The highest BCUT2D eigenvalue weighted by atomic mass is 16.1. The third-order valence-corrected chi connectivity index (χ3v) is 3.58. The molecule has 2 aliphatic rings. The van der Waals surface area contributed by atoms with Crippen LogP contribution < -0.4 is 10.6 Å². The highest BCUT2D eigenvalue weighted by molar-refractivity contribution is 5.97. The third kappa shape index (κ3) is 1.21. The molecule has 1 amide bonds. The minimum absolute atomic E-state index is 0.0578. The fourth-order valence-electron chi connectivity index (χ4n) is 2.76. The fourth-order valence-corrected chi connectivity index (χ4v) is 2.76. The minimum Gasteiger partial charge on any atom is -0.364 e. The first-order valence-electron chi connectivity index (χ1n) is 5.49. The Labute approximate surface area is 88.4 Å². The second-order valence-corrected chi connectivity index (χ2v) is 4.51. The zero-order chi connectivity index (χ0) is 10.3. The molecule has 4 heteroatoms. The number of rotatable bonds is 0. The average molecular weight is 205 g/mol. The van der Waals surface area contributed by atoms with Gasteiger partial charge in [0.1, 0.15) is 0 Å². The maximum Gasteiger partial charge on any atom is 0.253 e. The summed E-state index contributed by atoms with van der Waals surface area (Å²) in [7, 11) is 0. The number of carbonyl (C=O) groups excluding carboxylic acids is 1. The lowest BCUT2D eigenvalue weighted by Crippen LogP contribution is -2.54. The van der Waals surface area contributed by atoms with Gasteiger partial charge in [-0.3, -0.25) is 4.79 Å². The van der Waals surface area contributed by atoms with Gasteiger partial charge in [0, 0.05) is 30.4 Å². The second kappa shape index (κ2) is 3.10. The molecule has 1 atom stereocenters. The molecule has 1 saturated heterocycles. The number of aromatic amines is 1.